The van der Waals surface area contributed by atoms with Crippen LogP contribution in [0.15, 0.2) is 18.2 Å². The van der Waals surface area contributed by atoms with Gasteiger partial charge in [0.1, 0.15) is 17.7 Å². The van der Waals surface area contributed by atoms with Gasteiger partial charge in [-0.2, -0.15) is 29.3 Å². The zero-order valence-corrected chi connectivity index (χ0v) is 19.2. The molecule has 0 saturated heterocycles. The van der Waals surface area contributed by atoms with Crippen LogP contribution >= 0.6 is 0 Å². The minimum absolute atomic E-state index is 0.0576. The fraction of sp³-hybridized carbons (Fsp3) is 0.375. The Bertz CT molecular complexity index is 1450. The maximum absolute atomic E-state index is 14.1. The van der Waals surface area contributed by atoms with Gasteiger partial charge in [0.05, 0.1) is 23.1 Å². The van der Waals surface area contributed by atoms with Crippen LogP contribution in [0, 0.1) is 41.9 Å². The number of alkyl halides is 2. The first-order valence-electron chi connectivity index (χ1n) is 10.9. The fourth-order valence-corrected chi connectivity index (χ4v) is 4.58. The van der Waals surface area contributed by atoms with E-state index in [1.54, 1.807) is 32.1 Å². The highest BCUT2D eigenvalue weighted by Crippen LogP contribution is 2.79. The molecule has 2 aliphatic rings. The van der Waals surface area contributed by atoms with Gasteiger partial charge in [0, 0.05) is 6.08 Å². The molecule has 1 atom stereocenters. The van der Waals surface area contributed by atoms with Gasteiger partial charge in [-0.25, -0.2) is 4.98 Å². The molecule has 0 radical (unpaired) electrons. The number of imidazole rings is 1. The van der Waals surface area contributed by atoms with Crippen molar-refractivity contribution in [3.8, 4) is 23.8 Å². The molecule has 2 aliphatic carbocycles. The number of fused-ring (bicyclic) bond motifs is 2. The third-order valence-corrected chi connectivity index (χ3v) is 6.58. The highest BCUT2D eigenvalue weighted by atomic mass is 19.3. The number of nitriles is 2. The van der Waals surface area contributed by atoms with Crippen molar-refractivity contribution in [2.24, 2.45) is 5.41 Å². The van der Waals surface area contributed by atoms with E-state index in [1.807, 2.05) is 6.07 Å². The number of aromatic nitrogens is 4. The fourth-order valence-electron chi connectivity index (χ4n) is 4.58. The average molecular weight is 477 g/mol. The Morgan fingerprint density at radius 2 is 1.89 bits per heavy atom. The van der Waals surface area contributed by atoms with Gasteiger partial charge in [-0.15, -0.1) is 0 Å². The van der Waals surface area contributed by atoms with Crippen molar-refractivity contribution < 1.29 is 18.6 Å². The van der Waals surface area contributed by atoms with Gasteiger partial charge in [0.15, 0.2) is 11.2 Å². The molecule has 0 spiro atoms. The van der Waals surface area contributed by atoms with E-state index in [-0.39, 0.29) is 28.8 Å². The molecular formula is C24H21F2N7O2. The number of aliphatic hydroxyl groups is 1. The molecule has 178 valence electrons. The van der Waals surface area contributed by atoms with Gasteiger partial charge < -0.3 is 15.2 Å². The molecule has 5 rings (SSSR count). The van der Waals surface area contributed by atoms with E-state index >= 15 is 0 Å². The summed E-state index contributed by atoms with van der Waals surface area (Å²) < 4.78 is 34.9. The van der Waals surface area contributed by atoms with Crippen molar-refractivity contribution in [2.45, 2.75) is 51.8 Å². The normalized spacial score (nSPS) is 23.1. The van der Waals surface area contributed by atoms with Crippen LogP contribution in [0.2, 0.25) is 0 Å². The predicted octanol–water partition coefficient (Wildman–Crippen LogP) is 4.69. The summed E-state index contributed by atoms with van der Waals surface area (Å²) in [6.07, 6.45) is 3.05. The number of benzene rings is 1. The number of rotatable bonds is 7. The average Bonchev–Trinajstić information content (AvgIpc) is 3.52. The number of aryl methyl sites for hydroxylation is 2. The molecule has 1 aromatic carbocycles. The quantitative estimate of drug-likeness (QED) is 0.468. The maximum Gasteiger partial charge on any atom is 0.320 e. The first-order valence-corrected chi connectivity index (χ1v) is 10.9. The second-order valence-electron chi connectivity index (χ2n) is 9.12. The molecule has 2 heterocycles. The maximum atomic E-state index is 14.1. The van der Waals surface area contributed by atoms with Crippen LogP contribution < -0.4 is 10.1 Å². The SMILES string of the molecule is Cc1cc(/C=C/C#N)cc(C)c1Oc1nc(NC23CC2(C#N)C3)nc2nc(C(C)O)n(C(F)F)c12. The van der Waals surface area contributed by atoms with E-state index in [0.717, 1.165) is 5.56 Å². The molecule has 9 nitrogen and oxygen atoms in total. The largest absolute Gasteiger partial charge is 0.436 e. The molecule has 0 aliphatic heterocycles. The third kappa shape index (κ3) is 3.56. The zero-order valence-electron chi connectivity index (χ0n) is 19.2. The predicted molar refractivity (Wildman–Crippen MR) is 121 cm³/mol. The third-order valence-electron chi connectivity index (χ3n) is 6.58. The lowest BCUT2D eigenvalue weighted by Gasteiger charge is -2.16. The summed E-state index contributed by atoms with van der Waals surface area (Å²) in [5.41, 5.74) is 1.14. The Morgan fingerprint density at radius 3 is 2.43 bits per heavy atom. The molecule has 0 amide bonds. The summed E-state index contributed by atoms with van der Waals surface area (Å²) in [6, 6.07) is 7.83. The number of hydrogen-bond donors (Lipinski definition) is 2. The van der Waals surface area contributed by atoms with Gasteiger partial charge in [-0.05, 0) is 68.5 Å². The van der Waals surface area contributed by atoms with E-state index < -0.39 is 23.6 Å². The standard InChI is InChI=1S/C24H21F2N7O2/c1-12-7-15(5-4-6-27)8-13(2)17(12)35-20-16-18(29-19(14(3)34)33(16)21(25)26)30-22(31-20)32-24-9-23(24,10-24)11-28/h4-5,7-8,14,21,34H,9-10H2,1-3H3,(H,30,31,32)/b5-4+. The highest BCUT2D eigenvalue weighted by Gasteiger charge is 2.85. The molecule has 2 aromatic heterocycles. The molecule has 2 N–H and O–H groups in total. The number of halogens is 2. The number of ether oxygens (including phenoxy) is 1. The van der Waals surface area contributed by atoms with Crippen molar-refractivity contribution in [2.75, 3.05) is 5.32 Å². The molecular weight excluding hydrogens is 456 g/mol. The summed E-state index contributed by atoms with van der Waals surface area (Å²) in [5.74, 6) is 0.109. The molecule has 2 fully saturated rings. The van der Waals surface area contributed by atoms with Gasteiger partial charge in [-0.1, -0.05) is 0 Å². The summed E-state index contributed by atoms with van der Waals surface area (Å²) in [5, 5.41) is 31.4. The Kier molecular flexibility index (Phi) is 5.00. The lowest BCUT2D eigenvalue weighted by atomic mass is 10.1. The summed E-state index contributed by atoms with van der Waals surface area (Å²) in [7, 11) is 0. The Morgan fingerprint density at radius 1 is 1.20 bits per heavy atom. The van der Waals surface area contributed by atoms with Crippen LogP contribution in [0.25, 0.3) is 17.2 Å². The van der Waals surface area contributed by atoms with Crippen LogP contribution in [0.5, 0.6) is 11.6 Å². The number of allylic oxidation sites excluding steroid dienone is 1. The van der Waals surface area contributed by atoms with Crippen molar-refractivity contribution in [1.29, 1.82) is 10.5 Å². The Hall–Kier alpha value is -4.09. The van der Waals surface area contributed by atoms with Crippen LogP contribution in [0.3, 0.4) is 0 Å². The van der Waals surface area contributed by atoms with Crippen molar-refractivity contribution in [1.82, 2.24) is 19.5 Å². The highest BCUT2D eigenvalue weighted by molar-refractivity contribution is 5.80. The molecule has 2 saturated carbocycles. The first kappa shape index (κ1) is 22.7. The smallest absolute Gasteiger partial charge is 0.320 e. The first-order chi connectivity index (χ1) is 16.6. The zero-order chi connectivity index (χ0) is 25.1. The lowest BCUT2D eigenvalue weighted by Crippen LogP contribution is -2.14. The molecule has 35 heavy (non-hydrogen) atoms. The minimum Gasteiger partial charge on any atom is -0.436 e. The minimum atomic E-state index is -3.02. The van der Waals surface area contributed by atoms with E-state index in [1.165, 1.54) is 13.0 Å². The van der Waals surface area contributed by atoms with Crippen LogP contribution in [-0.2, 0) is 0 Å². The van der Waals surface area contributed by atoms with Gasteiger partial charge in [-0.3, -0.25) is 4.57 Å². The number of nitrogens with one attached hydrogen (secondary N) is 1. The van der Waals surface area contributed by atoms with E-state index in [9.17, 15) is 19.1 Å². The van der Waals surface area contributed by atoms with E-state index in [0.29, 0.717) is 34.3 Å². The molecule has 11 heteroatoms. The summed E-state index contributed by atoms with van der Waals surface area (Å²) in [6.45, 7) is 1.91. The van der Waals surface area contributed by atoms with Gasteiger partial charge in [0.25, 0.3) is 5.88 Å². The van der Waals surface area contributed by atoms with Crippen molar-refractivity contribution >= 4 is 23.2 Å². The topological polar surface area (TPSA) is 133 Å². The second-order valence-corrected chi connectivity index (χ2v) is 9.12. The number of anilines is 1. The molecule has 3 aromatic rings. The Balaban J connectivity index is 1.63. The molecule has 1 unspecified atom stereocenters. The van der Waals surface area contributed by atoms with E-state index in [2.05, 4.69) is 26.3 Å². The van der Waals surface area contributed by atoms with Gasteiger partial charge >= 0.3 is 6.55 Å². The second kappa shape index (κ2) is 7.72. The van der Waals surface area contributed by atoms with Crippen LogP contribution in [-0.4, -0.2) is 30.2 Å². The van der Waals surface area contributed by atoms with Crippen LogP contribution in [0.1, 0.15) is 54.9 Å². The van der Waals surface area contributed by atoms with Crippen molar-refractivity contribution in [3.63, 3.8) is 0 Å². The number of nitrogens with zero attached hydrogens (tertiary/aromatic N) is 6. The van der Waals surface area contributed by atoms with E-state index in [4.69, 9.17) is 10.00 Å². The number of hydrogen-bond acceptors (Lipinski definition) is 8. The summed E-state index contributed by atoms with van der Waals surface area (Å²) in [4.78, 5) is 12.9. The summed E-state index contributed by atoms with van der Waals surface area (Å²) >= 11 is 0. The van der Waals surface area contributed by atoms with Crippen LogP contribution in [0.4, 0.5) is 14.7 Å². The number of aliphatic hydroxyl groups excluding tert-OH is 1. The molecule has 0 bridgehead atoms. The lowest BCUT2D eigenvalue weighted by molar-refractivity contribution is 0.0602. The van der Waals surface area contributed by atoms with Gasteiger partial charge in [0.2, 0.25) is 5.95 Å². The Labute approximate surface area is 199 Å². The van der Waals surface area contributed by atoms with Crippen molar-refractivity contribution in [3.05, 3.63) is 40.7 Å². The monoisotopic (exact) mass is 477 g/mol.